The first-order valence-electron chi connectivity index (χ1n) is 10.5. The van der Waals surface area contributed by atoms with E-state index in [0.29, 0.717) is 6.42 Å². The molecule has 0 bridgehead atoms. The summed E-state index contributed by atoms with van der Waals surface area (Å²) >= 11 is 0. The molecular weight excluding hydrogens is 332 g/mol. The third-order valence-electron chi connectivity index (χ3n) is 4.37. The maximum Gasteiger partial charge on any atom is 0.306 e. The molecule has 0 spiro atoms. The Hall–Kier alpha value is -1.57. The van der Waals surface area contributed by atoms with Gasteiger partial charge in [-0.05, 0) is 79.7 Å². The average molecular weight is 375 g/mol. The van der Waals surface area contributed by atoms with E-state index in [0.717, 1.165) is 44.9 Å². The molecule has 0 N–H and O–H groups in total. The summed E-state index contributed by atoms with van der Waals surface area (Å²) in [5.41, 5.74) is 5.36. The van der Waals surface area contributed by atoms with Crippen LogP contribution in [0.3, 0.4) is 0 Å². The Morgan fingerprint density at radius 2 is 1.37 bits per heavy atom. The van der Waals surface area contributed by atoms with E-state index in [9.17, 15) is 4.79 Å². The minimum Gasteiger partial charge on any atom is -0.458 e. The number of rotatable bonds is 13. The molecule has 0 aliphatic heterocycles. The van der Waals surface area contributed by atoms with Crippen LogP contribution < -0.4 is 0 Å². The second-order valence-corrected chi connectivity index (χ2v) is 8.07. The summed E-state index contributed by atoms with van der Waals surface area (Å²) in [5.74, 6) is -0.0780. The lowest BCUT2D eigenvalue weighted by atomic mass is 10.0. The van der Waals surface area contributed by atoms with E-state index in [-0.39, 0.29) is 12.1 Å². The van der Waals surface area contributed by atoms with Crippen LogP contribution in [-0.4, -0.2) is 12.1 Å². The Balaban J connectivity index is 4.88. The lowest BCUT2D eigenvalue weighted by Gasteiger charge is -2.15. The number of esters is 1. The van der Waals surface area contributed by atoms with Crippen molar-refractivity contribution in [1.29, 1.82) is 0 Å². The van der Waals surface area contributed by atoms with E-state index in [4.69, 9.17) is 4.74 Å². The Labute approximate surface area is 168 Å². The number of unbranched alkanes of at least 4 members (excludes halogenated alkanes) is 1. The van der Waals surface area contributed by atoms with Crippen molar-refractivity contribution in [3.05, 3.63) is 46.6 Å². The maximum atomic E-state index is 12.1. The molecule has 2 heteroatoms. The van der Waals surface area contributed by atoms with E-state index in [1.165, 1.54) is 22.3 Å². The van der Waals surface area contributed by atoms with Gasteiger partial charge < -0.3 is 4.74 Å². The highest BCUT2D eigenvalue weighted by molar-refractivity contribution is 5.69. The summed E-state index contributed by atoms with van der Waals surface area (Å²) in [6.45, 7) is 14.9. The average Bonchev–Trinajstić information content (AvgIpc) is 2.57. The van der Waals surface area contributed by atoms with E-state index in [2.05, 4.69) is 72.8 Å². The number of hydrogen-bond donors (Lipinski definition) is 0. The van der Waals surface area contributed by atoms with Gasteiger partial charge in [-0.1, -0.05) is 53.9 Å². The molecule has 0 rings (SSSR count). The molecule has 2 nitrogen and oxygen atoms in total. The predicted octanol–water partition coefficient (Wildman–Crippen LogP) is 7.86. The standard InChI is InChI=1S/C25H42O2/c1-8-9-16-25(26)27-24(19-23(7)15-11-13-21(4)5)18-17-22(6)14-10-12-20(2)3/h12-13,17,19,24H,8-11,14-16,18H2,1-7H3/b22-17+,23-19+. The van der Waals surface area contributed by atoms with Crippen molar-refractivity contribution in [3.63, 3.8) is 0 Å². The molecule has 0 aromatic heterocycles. The lowest BCUT2D eigenvalue weighted by molar-refractivity contribution is -0.146. The van der Waals surface area contributed by atoms with Crippen LogP contribution in [0, 0.1) is 0 Å². The number of ether oxygens (including phenoxy) is 1. The van der Waals surface area contributed by atoms with Crippen molar-refractivity contribution in [2.75, 3.05) is 0 Å². The molecule has 0 aromatic carbocycles. The fraction of sp³-hybridized carbons (Fsp3) is 0.640. The van der Waals surface area contributed by atoms with Crippen LogP contribution in [0.4, 0.5) is 0 Å². The highest BCUT2D eigenvalue weighted by Crippen LogP contribution is 2.15. The van der Waals surface area contributed by atoms with Gasteiger partial charge in [-0.25, -0.2) is 0 Å². The van der Waals surface area contributed by atoms with Gasteiger partial charge in [0, 0.05) is 12.8 Å². The Kier molecular flexibility index (Phi) is 14.6. The van der Waals surface area contributed by atoms with Gasteiger partial charge in [0.1, 0.15) is 6.10 Å². The van der Waals surface area contributed by atoms with Crippen LogP contribution in [0.2, 0.25) is 0 Å². The van der Waals surface area contributed by atoms with Crippen molar-refractivity contribution in [2.24, 2.45) is 0 Å². The lowest BCUT2D eigenvalue weighted by Crippen LogP contribution is -2.16. The topological polar surface area (TPSA) is 26.3 Å². The minimum absolute atomic E-state index is 0.0780. The second-order valence-electron chi connectivity index (χ2n) is 8.07. The maximum absolute atomic E-state index is 12.1. The molecule has 0 saturated heterocycles. The fourth-order valence-electron chi connectivity index (χ4n) is 2.70. The van der Waals surface area contributed by atoms with Crippen molar-refractivity contribution >= 4 is 5.97 Å². The molecule has 0 radical (unpaired) electrons. The van der Waals surface area contributed by atoms with Gasteiger partial charge in [0.15, 0.2) is 0 Å². The van der Waals surface area contributed by atoms with Crippen molar-refractivity contribution in [1.82, 2.24) is 0 Å². The van der Waals surface area contributed by atoms with Gasteiger partial charge in [0.2, 0.25) is 0 Å². The monoisotopic (exact) mass is 374 g/mol. The summed E-state index contributed by atoms with van der Waals surface area (Å²) in [4.78, 5) is 12.1. The molecule has 0 aromatic rings. The summed E-state index contributed by atoms with van der Waals surface area (Å²) in [7, 11) is 0. The van der Waals surface area contributed by atoms with Gasteiger partial charge in [0.05, 0.1) is 0 Å². The molecule has 0 saturated carbocycles. The number of hydrogen-bond acceptors (Lipinski definition) is 2. The molecule has 1 unspecified atom stereocenters. The molecular formula is C25H42O2. The van der Waals surface area contributed by atoms with Crippen LogP contribution in [0.25, 0.3) is 0 Å². The van der Waals surface area contributed by atoms with E-state index in [1.807, 2.05) is 0 Å². The fourth-order valence-corrected chi connectivity index (χ4v) is 2.70. The van der Waals surface area contributed by atoms with Gasteiger partial charge >= 0.3 is 5.97 Å². The molecule has 154 valence electrons. The van der Waals surface area contributed by atoms with E-state index < -0.39 is 0 Å². The van der Waals surface area contributed by atoms with Gasteiger partial charge in [-0.2, -0.15) is 0 Å². The van der Waals surface area contributed by atoms with Crippen LogP contribution in [0.1, 0.15) is 99.8 Å². The number of allylic oxidation sites excluding steroid dienone is 6. The van der Waals surface area contributed by atoms with Crippen LogP contribution >= 0.6 is 0 Å². The predicted molar refractivity (Wildman–Crippen MR) is 119 cm³/mol. The first kappa shape index (κ1) is 25.4. The smallest absolute Gasteiger partial charge is 0.306 e. The zero-order valence-corrected chi connectivity index (χ0v) is 18.9. The molecule has 0 amide bonds. The van der Waals surface area contributed by atoms with Crippen molar-refractivity contribution < 1.29 is 9.53 Å². The number of carbonyl (C=O) groups excluding carboxylic acids is 1. The van der Waals surface area contributed by atoms with Crippen LogP contribution in [-0.2, 0) is 9.53 Å². The van der Waals surface area contributed by atoms with Crippen molar-refractivity contribution in [3.8, 4) is 0 Å². The van der Waals surface area contributed by atoms with E-state index in [1.54, 1.807) is 0 Å². The van der Waals surface area contributed by atoms with Crippen LogP contribution in [0.5, 0.6) is 0 Å². The first-order chi connectivity index (χ1) is 12.7. The Morgan fingerprint density at radius 3 is 1.89 bits per heavy atom. The minimum atomic E-state index is -0.153. The summed E-state index contributed by atoms with van der Waals surface area (Å²) in [5, 5.41) is 0. The summed E-state index contributed by atoms with van der Waals surface area (Å²) in [6, 6.07) is 0. The van der Waals surface area contributed by atoms with Crippen LogP contribution in [0.15, 0.2) is 46.6 Å². The molecule has 1 atom stereocenters. The first-order valence-corrected chi connectivity index (χ1v) is 10.5. The summed E-state index contributed by atoms with van der Waals surface area (Å²) in [6.07, 6.45) is 16.1. The largest absolute Gasteiger partial charge is 0.458 e. The van der Waals surface area contributed by atoms with Gasteiger partial charge in [-0.15, -0.1) is 0 Å². The highest BCUT2D eigenvalue weighted by Gasteiger charge is 2.11. The SMILES string of the molecule is CCCCC(=O)OC(/C=C(\C)CCC=C(C)C)C/C=C(\C)CCC=C(C)C. The van der Waals surface area contributed by atoms with Crippen molar-refractivity contribution in [2.45, 2.75) is 106 Å². The van der Waals surface area contributed by atoms with Gasteiger partial charge in [-0.3, -0.25) is 4.79 Å². The molecule has 27 heavy (non-hydrogen) atoms. The molecule has 0 aliphatic rings. The second kappa shape index (κ2) is 15.5. The zero-order valence-electron chi connectivity index (χ0n) is 18.9. The third kappa shape index (κ3) is 16.3. The Bertz CT molecular complexity index is 539. The highest BCUT2D eigenvalue weighted by atomic mass is 16.5. The molecule has 0 heterocycles. The summed E-state index contributed by atoms with van der Waals surface area (Å²) < 4.78 is 5.76. The third-order valence-corrected chi connectivity index (χ3v) is 4.37. The quantitative estimate of drug-likeness (QED) is 0.242. The zero-order chi connectivity index (χ0) is 20.7. The van der Waals surface area contributed by atoms with Gasteiger partial charge in [0.25, 0.3) is 0 Å². The normalized spacial score (nSPS) is 13.1. The Morgan fingerprint density at radius 1 is 0.815 bits per heavy atom. The van der Waals surface area contributed by atoms with E-state index >= 15 is 0 Å². The molecule has 0 aliphatic carbocycles. The number of carbonyl (C=O) groups is 1. The molecule has 0 fully saturated rings.